The topological polar surface area (TPSA) is 102 Å². The predicted octanol–water partition coefficient (Wildman–Crippen LogP) is -17.4. The summed E-state index contributed by atoms with van der Waals surface area (Å²) in [5, 5.41) is 24.1. The second-order valence-electron chi connectivity index (χ2n) is 0.394. The first kappa shape index (κ1) is 230. The molecule has 0 unspecified atom stereocenters. The number of rotatable bonds is 2. The summed E-state index contributed by atoms with van der Waals surface area (Å²) in [7, 11) is 0. The molecule has 0 saturated heterocycles. The third-order valence-corrected chi connectivity index (χ3v) is 0.0823. The largest absolute Gasteiger partial charge is 1.01 e. The van der Waals surface area contributed by atoms with Crippen LogP contribution in [0.2, 0.25) is 0 Å². The van der Waals surface area contributed by atoms with E-state index < -0.39 is 0 Å². The molecule has 6 nitrogen and oxygen atoms in total. The van der Waals surface area contributed by atoms with E-state index in [1.807, 2.05) is 0 Å². The van der Waals surface area contributed by atoms with Crippen LogP contribution < -0.4 is 421 Å². The number of carbonyl (C=O) groups excluding carboxylic acids is 1. The van der Waals surface area contributed by atoms with Crippen LogP contribution in [0.5, 0.6) is 0 Å². The van der Waals surface area contributed by atoms with Crippen LogP contribution in [-0.4, -0.2) is 11.7 Å². The minimum absolute atomic E-state index is 0. The third kappa shape index (κ3) is 403. The van der Waals surface area contributed by atoms with Crippen molar-refractivity contribution in [1.82, 2.24) is 0 Å². The molecular formula is C20H62K8O6-6. The fraction of sp³-hybridized carbons (Fsp3) is 0.400. The first-order chi connectivity index (χ1) is 5.83. The van der Waals surface area contributed by atoms with Gasteiger partial charge >= 0.3 is 411 Å². The molecule has 192 valence electrons. The minimum Gasteiger partial charge on any atom is -1.01 e. The average Bonchev–Trinajstić information content (AvgIpc) is 2.23. The molecule has 0 aliphatic rings. The number of carbonyl (C=O) groups is 1. The van der Waals surface area contributed by atoms with Gasteiger partial charge in [-0.05, 0) is 0 Å². The van der Waals surface area contributed by atoms with E-state index in [4.69, 9.17) is 20.4 Å². The first-order valence-electron chi connectivity index (χ1n) is 2.71. The van der Waals surface area contributed by atoms with Gasteiger partial charge in [-0.25, -0.2) is 0 Å². The molecular weight excluding hydrogens is 649 g/mol. The van der Waals surface area contributed by atoms with Crippen LogP contribution >= 0.6 is 0 Å². The Kier molecular flexibility index (Phi) is 2250. The van der Waals surface area contributed by atoms with Crippen LogP contribution in [0.25, 0.3) is 0 Å². The van der Waals surface area contributed by atoms with Gasteiger partial charge in [-0.2, -0.15) is 13.8 Å². The maximum absolute atomic E-state index is 8.70. The van der Waals surface area contributed by atoms with Crippen LogP contribution in [0.15, 0.2) is 0 Å². The molecule has 0 fully saturated rings. The maximum Gasteiger partial charge on any atom is 1.00 e. The van der Waals surface area contributed by atoms with E-state index in [0.717, 1.165) is 0 Å². The zero-order valence-electron chi connectivity index (χ0n) is 24.1. The standard InChI is InChI=1S/2C2H5.2CH2O3.6CH4.8CH3.8K.H/c2*1-2;2*2-1-4-3;;;;;;;;;;;;;;;;;;;;;;;/h2*1H2,2H3;2*1,3H;6*1H4;8*1H3;;;;;;;;;/q2*-1;;-2;;;;;;;8*-1;8*+1;-1/p-1. The summed E-state index contributed by atoms with van der Waals surface area (Å²) < 4.78 is 0. The van der Waals surface area contributed by atoms with Gasteiger partial charge in [-0.15, -0.1) is 0 Å². The molecule has 1 N–H and O–H groups in total. The van der Waals surface area contributed by atoms with Crippen molar-refractivity contribution in [3.63, 3.8) is 0 Å². The van der Waals surface area contributed by atoms with E-state index in [1.54, 1.807) is 13.8 Å². The monoisotopic (exact) mass is 710 g/mol. The number of hydrogen-bond acceptors (Lipinski definition) is 6. The van der Waals surface area contributed by atoms with Gasteiger partial charge < -0.3 is 102 Å². The van der Waals surface area contributed by atoms with Gasteiger partial charge in [0.1, 0.15) is 0 Å². The van der Waals surface area contributed by atoms with Crippen LogP contribution in [-0.2, 0) is 14.6 Å². The van der Waals surface area contributed by atoms with Crippen molar-refractivity contribution in [2.75, 3.05) is 0 Å². The summed E-state index contributed by atoms with van der Waals surface area (Å²) in [4.78, 5) is 14.1. The fourth-order valence-corrected chi connectivity index (χ4v) is 0. The molecule has 0 amide bonds. The zero-order valence-corrected chi connectivity index (χ0v) is 48.0. The van der Waals surface area contributed by atoms with E-state index in [0.29, 0.717) is 0 Å². The van der Waals surface area contributed by atoms with Gasteiger partial charge in [0.25, 0.3) is 6.47 Å². The molecule has 0 aromatic carbocycles. The zero-order chi connectivity index (χ0) is 10.8. The Morgan fingerprint density at radius 2 is 0.676 bits per heavy atom. The first-order valence-corrected chi connectivity index (χ1v) is 2.71. The van der Waals surface area contributed by atoms with Crippen molar-refractivity contribution < 1.29 is 443 Å². The van der Waals surface area contributed by atoms with E-state index in [-0.39, 0.29) is 530 Å². The van der Waals surface area contributed by atoms with Gasteiger partial charge in [0.15, 0.2) is 0 Å². The van der Waals surface area contributed by atoms with Gasteiger partial charge in [-0.3, -0.25) is 10.1 Å². The molecule has 0 aliphatic heterocycles. The molecule has 0 spiro atoms. The summed E-state index contributed by atoms with van der Waals surface area (Å²) in [6, 6.07) is 0. The molecule has 0 saturated carbocycles. The number of hydrogen-bond donors (Lipinski definition) is 1. The van der Waals surface area contributed by atoms with Crippen LogP contribution in [0.1, 0.15) is 59.8 Å². The molecule has 0 radical (unpaired) electrons. The summed E-state index contributed by atoms with van der Waals surface area (Å²) in [5.41, 5.74) is 0. The van der Waals surface area contributed by atoms with Crippen molar-refractivity contribution in [3.05, 3.63) is 80.1 Å². The van der Waals surface area contributed by atoms with E-state index in [2.05, 4.69) is 23.6 Å². The second-order valence-corrected chi connectivity index (χ2v) is 0.394. The average molecular weight is 711 g/mol. The van der Waals surface area contributed by atoms with Crippen LogP contribution in [0.4, 0.5) is 0 Å². The van der Waals surface area contributed by atoms with E-state index in [9.17, 15) is 0 Å². The van der Waals surface area contributed by atoms with Gasteiger partial charge in [0.05, 0.1) is 0 Å². The second kappa shape index (κ2) is 333. The third-order valence-electron chi connectivity index (χ3n) is 0.0823. The molecule has 14 heteroatoms. The Labute approximate surface area is 568 Å². The molecule has 0 aromatic heterocycles. The Hall–Kier alpha value is 12.4. The predicted molar refractivity (Wildman–Crippen MR) is 130 cm³/mol. The van der Waals surface area contributed by atoms with Gasteiger partial charge in [0.2, 0.25) is 0 Å². The summed E-state index contributed by atoms with van der Waals surface area (Å²) in [5.74, 6) is 0. The van der Waals surface area contributed by atoms with Crippen LogP contribution in [0, 0.1) is 80.1 Å². The quantitative estimate of drug-likeness (QED) is 0.101. The minimum atomic E-state index is -0.181. The van der Waals surface area contributed by atoms with Crippen molar-refractivity contribution in [3.8, 4) is 0 Å². The Bertz CT molecular complexity index is 80.6. The van der Waals surface area contributed by atoms with Crippen molar-refractivity contribution in [1.29, 1.82) is 0 Å². The van der Waals surface area contributed by atoms with Gasteiger partial charge in [-0.1, -0.05) is 44.6 Å². The molecule has 0 bridgehead atoms. The smallest absolute Gasteiger partial charge is 1.00 e. The van der Waals surface area contributed by atoms with Crippen molar-refractivity contribution >= 4 is 6.47 Å². The van der Waals surface area contributed by atoms with Crippen molar-refractivity contribution in [2.24, 2.45) is 0 Å². The molecule has 0 aromatic rings. The Morgan fingerprint density at radius 1 is 0.618 bits per heavy atom. The van der Waals surface area contributed by atoms with E-state index in [1.165, 1.54) is 0 Å². The Morgan fingerprint density at radius 3 is 0.676 bits per heavy atom. The van der Waals surface area contributed by atoms with Crippen LogP contribution in [0.3, 0.4) is 0 Å². The summed E-state index contributed by atoms with van der Waals surface area (Å²) in [6.07, 6.45) is 0. The molecule has 0 atom stereocenters. The summed E-state index contributed by atoms with van der Waals surface area (Å²) in [6.45, 7) is 9.75. The van der Waals surface area contributed by atoms with Crippen molar-refractivity contribution in [2.45, 2.75) is 58.4 Å². The normalized spacial score (nSPS) is 1.85. The fourth-order valence-electron chi connectivity index (χ4n) is 0. The maximum atomic E-state index is 8.70. The molecule has 34 heavy (non-hydrogen) atoms. The molecule has 0 aliphatic carbocycles. The van der Waals surface area contributed by atoms with E-state index >= 15 is 0 Å². The Balaban J connectivity index is -0.000000000813. The molecule has 0 rings (SSSR count). The summed E-state index contributed by atoms with van der Waals surface area (Å²) >= 11 is 0. The molecule has 0 heterocycles. The van der Waals surface area contributed by atoms with Gasteiger partial charge in [0, 0.05) is 0 Å². The SMILES string of the molecule is C.C.C.C.C.C.O=CO[O-].[CH2-]C.[CH2-]C.[CH3-].[CH3-].[CH3-].[CH3-].[CH3-].[CH3-].[CH3-].[CH3-].[H-].[K+].[K+].[K+].[K+].[K+].[K+].[K+].[K+].[O-][CH-]OO.